The second-order valence-corrected chi connectivity index (χ2v) is 5.94. The number of ether oxygens (including phenoxy) is 1. The lowest BCUT2D eigenvalue weighted by atomic mass is 10.2. The summed E-state index contributed by atoms with van der Waals surface area (Å²) in [7, 11) is 0. The number of hydrogen-bond donors (Lipinski definition) is 3. The Morgan fingerprint density at radius 3 is 2.81 bits per heavy atom. The van der Waals surface area contributed by atoms with Crippen LogP contribution in [0.4, 0.5) is 4.79 Å². The first kappa shape index (κ1) is 15.8. The Kier molecular flexibility index (Phi) is 5.19. The zero-order valence-electron chi connectivity index (χ0n) is 11.7. The summed E-state index contributed by atoms with van der Waals surface area (Å²) >= 11 is 3.42. The predicted molar refractivity (Wildman–Crippen MR) is 81.8 cm³/mol. The lowest BCUT2D eigenvalue weighted by Gasteiger charge is -2.17. The maximum atomic E-state index is 11.7. The molecule has 1 saturated carbocycles. The van der Waals surface area contributed by atoms with Crippen LogP contribution in [0, 0.1) is 0 Å². The van der Waals surface area contributed by atoms with Crippen LogP contribution in [0.3, 0.4) is 0 Å². The molecule has 3 amide bonds. The van der Waals surface area contributed by atoms with Crippen molar-refractivity contribution in [2.75, 3.05) is 0 Å². The van der Waals surface area contributed by atoms with Crippen molar-refractivity contribution in [1.82, 2.24) is 10.6 Å². The van der Waals surface area contributed by atoms with Gasteiger partial charge in [-0.05, 0) is 38.0 Å². The normalized spacial score (nSPS) is 15.3. The van der Waals surface area contributed by atoms with Crippen LogP contribution in [0.2, 0.25) is 0 Å². The van der Waals surface area contributed by atoms with E-state index in [1.807, 2.05) is 17.4 Å². The topological polar surface area (TPSA) is 93.4 Å². The number of carbonyl (C=O) groups excluding carboxylic acids is 2. The van der Waals surface area contributed by atoms with Gasteiger partial charge in [0.05, 0.1) is 0 Å². The van der Waals surface area contributed by atoms with Gasteiger partial charge in [-0.3, -0.25) is 10.1 Å². The highest BCUT2D eigenvalue weighted by Gasteiger charge is 2.22. The van der Waals surface area contributed by atoms with E-state index in [4.69, 9.17) is 10.5 Å². The Balaban J connectivity index is 2.03. The maximum absolute atomic E-state index is 11.7. The van der Waals surface area contributed by atoms with E-state index in [1.165, 1.54) is 12.8 Å². The van der Waals surface area contributed by atoms with Crippen LogP contribution in [-0.4, -0.2) is 24.1 Å². The van der Waals surface area contributed by atoms with Crippen LogP contribution in [-0.2, 0) is 11.3 Å². The van der Waals surface area contributed by atoms with E-state index >= 15 is 0 Å². The minimum Gasteiger partial charge on any atom is -0.481 e. The average Bonchev–Trinajstić information content (AvgIpc) is 3.22. The van der Waals surface area contributed by atoms with Gasteiger partial charge in [-0.25, -0.2) is 4.79 Å². The smallest absolute Gasteiger partial charge is 0.318 e. The fourth-order valence-electron chi connectivity index (χ4n) is 1.81. The van der Waals surface area contributed by atoms with E-state index in [0.717, 1.165) is 10.0 Å². The summed E-state index contributed by atoms with van der Waals surface area (Å²) in [6, 6.07) is 5.27. The van der Waals surface area contributed by atoms with Gasteiger partial charge in [-0.1, -0.05) is 15.9 Å². The number of benzene rings is 1. The number of halogens is 1. The van der Waals surface area contributed by atoms with Gasteiger partial charge in [-0.2, -0.15) is 0 Å². The molecular formula is C14H18BrN3O3. The Labute approximate surface area is 131 Å². The van der Waals surface area contributed by atoms with E-state index < -0.39 is 18.0 Å². The first-order valence-electron chi connectivity index (χ1n) is 6.74. The fraction of sp³-hybridized carbons (Fsp3) is 0.429. The molecule has 0 spiro atoms. The van der Waals surface area contributed by atoms with Gasteiger partial charge in [0.1, 0.15) is 5.75 Å². The van der Waals surface area contributed by atoms with Crippen LogP contribution < -0.4 is 21.1 Å². The van der Waals surface area contributed by atoms with E-state index in [9.17, 15) is 9.59 Å². The molecule has 0 bridgehead atoms. The van der Waals surface area contributed by atoms with Crippen molar-refractivity contribution in [2.24, 2.45) is 5.73 Å². The van der Waals surface area contributed by atoms with Crippen molar-refractivity contribution >= 4 is 27.9 Å². The molecule has 0 aliphatic heterocycles. The van der Waals surface area contributed by atoms with Gasteiger partial charge in [0.2, 0.25) is 0 Å². The van der Waals surface area contributed by atoms with Crippen molar-refractivity contribution in [3.05, 3.63) is 28.2 Å². The molecule has 0 radical (unpaired) electrons. The van der Waals surface area contributed by atoms with Crippen LogP contribution >= 0.6 is 15.9 Å². The highest BCUT2D eigenvalue weighted by molar-refractivity contribution is 9.10. The molecule has 7 heteroatoms. The highest BCUT2D eigenvalue weighted by atomic mass is 79.9. The Hall–Kier alpha value is -1.60. The zero-order valence-corrected chi connectivity index (χ0v) is 13.3. The lowest BCUT2D eigenvalue weighted by molar-refractivity contribution is -0.126. The molecule has 1 unspecified atom stereocenters. The monoisotopic (exact) mass is 355 g/mol. The lowest BCUT2D eigenvalue weighted by Crippen LogP contribution is -2.42. The minimum atomic E-state index is -0.887. The van der Waals surface area contributed by atoms with Crippen molar-refractivity contribution in [1.29, 1.82) is 0 Å². The van der Waals surface area contributed by atoms with E-state index in [0.29, 0.717) is 18.3 Å². The van der Waals surface area contributed by atoms with Gasteiger partial charge in [-0.15, -0.1) is 0 Å². The molecule has 0 saturated heterocycles. The van der Waals surface area contributed by atoms with Crippen LogP contribution in [0.5, 0.6) is 5.75 Å². The molecule has 1 fully saturated rings. The highest BCUT2D eigenvalue weighted by Crippen LogP contribution is 2.26. The van der Waals surface area contributed by atoms with E-state index in [2.05, 4.69) is 21.2 Å². The number of hydrogen-bond acceptors (Lipinski definition) is 4. The summed E-state index contributed by atoms with van der Waals surface area (Å²) < 4.78 is 6.58. The summed E-state index contributed by atoms with van der Waals surface area (Å²) in [6.45, 7) is 2.24. The van der Waals surface area contributed by atoms with Crippen LogP contribution in [0.15, 0.2) is 22.7 Å². The molecule has 1 aromatic rings. The predicted octanol–water partition coefficient (Wildman–Crippen LogP) is 1.66. The average molecular weight is 356 g/mol. The number of nitrogens with one attached hydrogen (secondary N) is 2. The Morgan fingerprint density at radius 2 is 2.19 bits per heavy atom. The van der Waals surface area contributed by atoms with E-state index in [1.54, 1.807) is 13.0 Å². The summed E-state index contributed by atoms with van der Waals surface area (Å²) in [5.74, 6) is 0.0463. The molecule has 4 N–H and O–H groups in total. The first-order valence-corrected chi connectivity index (χ1v) is 7.54. The van der Waals surface area contributed by atoms with E-state index in [-0.39, 0.29) is 0 Å². The molecule has 2 rings (SSSR count). The molecular weight excluding hydrogens is 338 g/mol. The number of amides is 3. The van der Waals surface area contributed by atoms with Crippen LogP contribution in [0.1, 0.15) is 25.3 Å². The summed E-state index contributed by atoms with van der Waals surface area (Å²) in [6.07, 6.45) is 1.59. The maximum Gasteiger partial charge on any atom is 0.318 e. The third-order valence-electron chi connectivity index (χ3n) is 3.10. The molecule has 6 nitrogen and oxygen atoms in total. The molecule has 1 aromatic carbocycles. The van der Waals surface area contributed by atoms with Crippen molar-refractivity contribution in [3.63, 3.8) is 0 Å². The van der Waals surface area contributed by atoms with Gasteiger partial charge in [0.15, 0.2) is 6.10 Å². The van der Waals surface area contributed by atoms with Crippen LogP contribution in [0.25, 0.3) is 0 Å². The van der Waals surface area contributed by atoms with Crippen molar-refractivity contribution in [3.8, 4) is 5.75 Å². The van der Waals surface area contributed by atoms with Gasteiger partial charge in [0.25, 0.3) is 5.91 Å². The number of rotatable bonds is 6. The number of urea groups is 1. The molecule has 114 valence electrons. The Bertz CT molecular complexity index is 546. The minimum absolute atomic E-state index is 0.563. The molecule has 1 aliphatic carbocycles. The molecule has 1 aliphatic rings. The summed E-state index contributed by atoms with van der Waals surface area (Å²) in [4.78, 5) is 22.3. The quantitative estimate of drug-likeness (QED) is 0.723. The molecule has 21 heavy (non-hydrogen) atoms. The summed E-state index contributed by atoms with van der Waals surface area (Å²) in [5, 5.41) is 5.40. The third-order valence-corrected chi connectivity index (χ3v) is 3.59. The van der Waals surface area contributed by atoms with Gasteiger partial charge in [0, 0.05) is 22.6 Å². The molecule has 1 atom stereocenters. The van der Waals surface area contributed by atoms with Crippen molar-refractivity contribution in [2.45, 2.75) is 38.5 Å². The fourth-order valence-corrected chi connectivity index (χ4v) is 2.22. The van der Waals surface area contributed by atoms with Gasteiger partial charge < -0.3 is 15.8 Å². The second-order valence-electron chi connectivity index (χ2n) is 5.02. The molecule has 0 aromatic heterocycles. The largest absolute Gasteiger partial charge is 0.481 e. The zero-order chi connectivity index (χ0) is 15.4. The number of carbonyl (C=O) groups is 2. The summed E-state index contributed by atoms with van der Waals surface area (Å²) in [5.41, 5.74) is 5.87. The number of nitrogens with two attached hydrogens (primary N) is 1. The SMILES string of the molecule is CC(Oc1ccc(Br)cc1CNC1CC1)C(=O)NC(N)=O. The second kappa shape index (κ2) is 6.91. The van der Waals surface area contributed by atoms with Crippen molar-refractivity contribution < 1.29 is 14.3 Å². The standard InChI is InChI=1S/C14H18BrN3O3/c1-8(13(19)18-14(16)20)21-12-5-2-10(15)6-9(12)7-17-11-3-4-11/h2,5-6,8,11,17H,3-4,7H2,1H3,(H3,16,18,19,20). The first-order chi connectivity index (χ1) is 9.95. The number of primary amides is 1. The van der Waals surface area contributed by atoms with Gasteiger partial charge >= 0.3 is 6.03 Å². The third kappa shape index (κ3) is 5.02. The Morgan fingerprint density at radius 1 is 1.48 bits per heavy atom. The number of imide groups is 1. The molecule has 0 heterocycles.